The summed E-state index contributed by atoms with van der Waals surface area (Å²) in [6.45, 7) is 3.70. The lowest BCUT2D eigenvalue weighted by molar-refractivity contribution is -0.122. The molecule has 0 aliphatic heterocycles. The molecular weight excluding hydrogens is 635 g/mol. The molecule has 1 amide bonds. The van der Waals surface area contributed by atoms with Gasteiger partial charge >= 0.3 is 10.1 Å². The fraction of sp³-hybridized carbons (Fsp3) is 0.167. The van der Waals surface area contributed by atoms with Crippen LogP contribution in [-0.4, -0.2) is 35.0 Å². The summed E-state index contributed by atoms with van der Waals surface area (Å²) < 4.78 is 59.9. The van der Waals surface area contributed by atoms with Crippen LogP contribution in [0.3, 0.4) is 0 Å². The number of hydrazone groups is 1. The van der Waals surface area contributed by atoms with E-state index in [0.717, 1.165) is 34.9 Å². The number of nitrogens with zero attached hydrogens (tertiary/aromatic N) is 1. The summed E-state index contributed by atoms with van der Waals surface area (Å²) in [5, 5.41) is 6.44. The number of hydrogen-bond donors (Lipinski definition) is 2. The molecule has 0 spiro atoms. The summed E-state index contributed by atoms with van der Waals surface area (Å²) in [6, 6.07) is 27.6. The number of aryl methyl sites for hydroxylation is 4. The maximum Gasteiger partial charge on any atom is 0.339 e. The fourth-order valence-electron chi connectivity index (χ4n) is 5.58. The molecule has 0 saturated carbocycles. The van der Waals surface area contributed by atoms with Gasteiger partial charge in [-0.2, -0.15) is 18.2 Å². The molecule has 11 heteroatoms. The maximum absolute atomic E-state index is 13.5. The average molecular weight is 668 g/mol. The van der Waals surface area contributed by atoms with Crippen molar-refractivity contribution in [2.45, 2.75) is 48.9 Å². The van der Waals surface area contributed by atoms with Crippen molar-refractivity contribution in [3.8, 4) is 5.75 Å². The highest BCUT2D eigenvalue weighted by atomic mass is 32.2. The standard InChI is InChI=1S/C36H33N3O6S2/c1-24-6-18-31(19-7-24)46(41,42)39-34(22-26-10-16-30(17-11-26)45-47(43,44)32-20-8-25(2)9-21-32)36(40)38-37-23-29-15-14-28-13-12-27-4-3-5-33(29)35(27)28/h3-11,14-21,23,34,39H,12-13,22H2,1-2H3,(H,38,40)/b37-23-. The van der Waals surface area contributed by atoms with E-state index in [9.17, 15) is 21.6 Å². The molecule has 1 aliphatic rings. The van der Waals surface area contributed by atoms with Crippen LogP contribution in [0, 0.1) is 13.8 Å². The first kappa shape index (κ1) is 32.1. The van der Waals surface area contributed by atoms with Crippen LogP contribution in [-0.2, 0) is 44.2 Å². The molecular formula is C36H33N3O6S2. The highest BCUT2D eigenvalue weighted by Gasteiger charge is 2.26. The molecule has 0 radical (unpaired) electrons. The Morgan fingerprint density at radius 3 is 2.06 bits per heavy atom. The summed E-state index contributed by atoms with van der Waals surface area (Å²) in [6.07, 6.45) is 3.49. The molecule has 1 aliphatic carbocycles. The Kier molecular flexibility index (Phi) is 8.96. The van der Waals surface area contributed by atoms with Gasteiger partial charge in [-0.15, -0.1) is 0 Å². The number of sulfonamides is 1. The van der Waals surface area contributed by atoms with Crippen molar-refractivity contribution in [2.75, 3.05) is 0 Å². The highest BCUT2D eigenvalue weighted by molar-refractivity contribution is 7.89. The lowest BCUT2D eigenvalue weighted by Crippen LogP contribution is -2.46. The van der Waals surface area contributed by atoms with Crippen molar-refractivity contribution in [1.82, 2.24) is 10.1 Å². The Morgan fingerprint density at radius 1 is 0.787 bits per heavy atom. The SMILES string of the molecule is Cc1ccc(S(=O)(=O)NC(Cc2ccc(OS(=O)(=O)c3ccc(C)cc3)cc2)C(=O)N/N=C\c2ccc3c4c(cccc24)CC3)cc1. The van der Waals surface area contributed by atoms with Crippen LogP contribution in [0.15, 0.2) is 118 Å². The minimum Gasteiger partial charge on any atom is -0.379 e. The third kappa shape index (κ3) is 7.27. The van der Waals surface area contributed by atoms with Crippen LogP contribution < -0.4 is 14.3 Å². The second-order valence-electron chi connectivity index (χ2n) is 11.6. The highest BCUT2D eigenvalue weighted by Crippen LogP contribution is 2.32. The van der Waals surface area contributed by atoms with Gasteiger partial charge < -0.3 is 4.18 Å². The number of hydrogen-bond acceptors (Lipinski definition) is 7. The van der Waals surface area contributed by atoms with Crippen molar-refractivity contribution >= 4 is 43.0 Å². The molecule has 0 bridgehead atoms. The van der Waals surface area contributed by atoms with Gasteiger partial charge in [0.1, 0.15) is 16.7 Å². The summed E-state index contributed by atoms with van der Waals surface area (Å²) in [4.78, 5) is 13.5. The van der Waals surface area contributed by atoms with Crippen LogP contribution in [0.25, 0.3) is 10.8 Å². The first-order valence-electron chi connectivity index (χ1n) is 15.0. The van der Waals surface area contributed by atoms with Gasteiger partial charge in [-0.25, -0.2) is 13.8 Å². The zero-order chi connectivity index (χ0) is 33.2. The van der Waals surface area contributed by atoms with E-state index in [0.29, 0.717) is 5.56 Å². The van der Waals surface area contributed by atoms with Gasteiger partial charge in [0.2, 0.25) is 10.0 Å². The van der Waals surface area contributed by atoms with Crippen molar-refractivity contribution in [3.63, 3.8) is 0 Å². The van der Waals surface area contributed by atoms with E-state index in [4.69, 9.17) is 4.18 Å². The monoisotopic (exact) mass is 667 g/mol. The van der Waals surface area contributed by atoms with Crippen molar-refractivity contribution < 1.29 is 25.8 Å². The zero-order valence-electron chi connectivity index (χ0n) is 25.8. The first-order chi connectivity index (χ1) is 22.5. The van der Waals surface area contributed by atoms with Crippen LogP contribution in [0.2, 0.25) is 0 Å². The Labute approximate surface area is 274 Å². The predicted molar refractivity (Wildman–Crippen MR) is 182 cm³/mol. The third-order valence-corrected chi connectivity index (χ3v) is 10.9. The number of rotatable bonds is 11. The minimum atomic E-state index is -4.08. The van der Waals surface area contributed by atoms with E-state index in [2.05, 4.69) is 27.4 Å². The summed E-state index contributed by atoms with van der Waals surface area (Å²) in [7, 11) is -8.14. The zero-order valence-corrected chi connectivity index (χ0v) is 27.4. The van der Waals surface area contributed by atoms with E-state index >= 15 is 0 Å². The molecule has 47 heavy (non-hydrogen) atoms. The quantitative estimate of drug-likeness (QED) is 0.111. The lowest BCUT2D eigenvalue weighted by Gasteiger charge is -2.18. The van der Waals surface area contributed by atoms with E-state index in [-0.39, 0.29) is 22.0 Å². The van der Waals surface area contributed by atoms with Crippen molar-refractivity contribution in [1.29, 1.82) is 0 Å². The maximum atomic E-state index is 13.5. The number of carbonyl (C=O) groups is 1. The topological polar surface area (TPSA) is 131 Å². The smallest absolute Gasteiger partial charge is 0.339 e. The Bertz CT molecular complexity index is 2190. The molecule has 2 N–H and O–H groups in total. The second-order valence-corrected chi connectivity index (χ2v) is 14.8. The molecule has 5 aromatic carbocycles. The Hall–Kier alpha value is -4.84. The molecule has 9 nitrogen and oxygen atoms in total. The molecule has 0 saturated heterocycles. The first-order valence-corrected chi connectivity index (χ1v) is 17.9. The Balaban J connectivity index is 1.21. The van der Waals surface area contributed by atoms with Crippen molar-refractivity contribution in [3.05, 3.63) is 137 Å². The minimum absolute atomic E-state index is 0.0161. The van der Waals surface area contributed by atoms with E-state index in [1.807, 2.05) is 32.0 Å². The van der Waals surface area contributed by atoms with E-state index in [1.54, 1.807) is 42.6 Å². The van der Waals surface area contributed by atoms with E-state index in [1.165, 1.54) is 52.9 Å². The fourth-order valence-corrected chi connectivity index (χ4v) is 7.71. The van der Waals surface area contributed by atoms with Crippen LogP contribution in [0.4, 0.5) is 0 Å². The van der Waals surface area contributed by atoms with Crippen molar-refractivity contribution in [2.24, 2.45) is 5.10 Å². The van der Waals surface area contributed by atoms with Crippen LogP contribution >= 0.6 is 0 Å². The molecule has 0 aromatic heterocycles. The van der Waals surface area contributed by atoms with Gasteiger partial charge in [0.15, 0.2) is 0 Å². The Morgan fingerprint density at radius 2 is 1.40 bits per heavy atom. The summed E-state index contributed by atoms with van der Waals surface area (Å²) in [5.74, 6) is -0.587. The summed E-state index contributed by atoms with van der Waals surface area (Å²) in [5.41, 5.74) is 8.28. The van der Waals surface area contributed by atoms with Gasteiger partial charge in [-0.3, -0.25) is 4.79 Å². The average Bonchev–Trinajstić information content (AvgIpc) is 3.47. The number of carbonyl (C=O) groups excluding carboxylic acids is 1. The molecule has 6 rings (SSSR count). The third-order valence-electron chi connectivity index (χ3n) is 8.11. The van der Waals surface area contributed by atoms with Crippen LogP contribution in [0.1, 0.15) is 33.4 Å². The predicted octanol–water partition coefficient (Wildman–Crippen LogP) is 5.36. The molecule has 0 heterocycles. The number of nitrogens with one attached hydrogen (secondary N) is 2. The van der Waals surface area contributed by atoms with Gasteiger partial charge in [0.05, 0.1) is 11.1 Å². The lowest BCUT2D eigenvalue weighted by atomic mass is 10.0. The second kappa shape index (κ2) is 13.1. The van der Waals surface area contributed by atoms with Gasteiger partial charge in [0, 0.05) is 5.56 Å². The molecule has 1 unspecified atom stereocenters. The number of benzene rings is 5. The molecule has 1 atom stereocenters. The van der Waals surface area contributed by atoms with Gasteiger partial charge in [-0.1, -0.05) is 77.9 Å². The number of amides is 1. The normalized spacial score (nSPS) is 13.6. The largest absolute Gasteiger partial charge is 0.379 e. The molecule has 5 aromatic rings. The van der Waals surface area contributed by atoms with E-state index < -0.39 is 32.1 Å². The molecule has 240 valence electrons. The molecule has 0 fully saturated rings. The van der Waals surface area contributed by atoms with Gasteiger partial charge in [0.25, 0.3) is 5.91 Å². The van der Waals surface area contributed by atoms with Crippen LogP contribution in [0.5, 0.6) is 5.75 Å². The van der Waals surface area contributed by atoms with Gasteiger partial charge in [-0.05, 0) is 97.0 Å². The summed E-state index contributed by atoms with van der Waals surface area (Å²) >= 11 is 0.